The molecule has 0 saturated heterocycles. The minimum absolute atomic E-state index is 0.228. The number of anilines is 1. The zero-order chi connectivity index (χ0) is 20.0. The third kappa shape index (κ3) is 5.53. The van der Waals surface area contributed by atoms with Gasteiger partial charge in [-0.1, -0.05) is 43.3 Å². The van der Waals surface area contributed by atoms with Crippen LogP contribution < -0.4 is 9.62 Å². The maximum absolute atomic E-state index is 13.6. The predicted molar refractivity (Wildman–Crippen MR) is 106 cm³/mol. The van der Waals surface area contributed by atoms with E-state index >= 15 is 0 Å². The summed E-state index contributed by atoms with van der Waals surface area (Å²) in [7, 11) is -3.64. The Kier molecular flexibility index (Phi) is 6.96. The van der Waals surface area contributed by atoms with E-state index in [1.54, 1.807) is 18.2 Å². The normalized spacial score (nSPS) is 11.3. The van der Waals surface area contributed by atoms with E-state index in [4.69, 9.17) is 0 Å². The molecule has 146 valence electrons. The van der Waals surface area contributed by atoms with Crippen LogP contribution in [-0.4, -0.2) is 33.7 Å². The van der Waals surface area contributed by atoms with Gasteiger partial charge in [-0.15, -0.1) is 0 Å². The molecule has 27 heavy (non-hydrogen) atoms. The van der Waals surface area contributed by atoms with E-state index in [1.165, 1.54) is 6.07 Å². The summed E-state index contributed by atoms with van der Waals surface area (Å²) in [4.78, 5) is 12.3. The average Bonchev–Trinajstić information content (AvgIpc) is 2.60. The van der Waals surface area contributed by atoms with Crippen molar-refractivity contribution in [3.8, 4) is 0 Å². The van der Waals surface area contributed by atoms with E-state index in [0.29, 0.717) is 24.1 Å². The minimum atomic E-state index is -3.64. The lowest BCUT2D eigenvalue weighted by molar-refractivity contribution is -0.119. The number of nitrogens with zero attached hydrogens (tertiary/aromatic N) is 1. The van der Waals surface area contributed by atoms with Crippen molar-refractivity contribution < 1.29 is 17.6 Å². The Labute approximate surface area is 160 Å². The highest BCUT2D eigenvalue weighted by molar-refractivity contribution is 7.92. The molecule has 0 heterocycles. The molecule has 1 amide bonds. The standard InChI is InChI=1S/C20H25FN2O3S/c1-4-16-10-7-8-15(2)20(16)23(27(3,25)26)14-19(24)22-13-12-17-9-5-6-11-18(17)21/h5-11H,4,12-14H2,1-3H3,(H,22,24). The van der Waals surface area contributed by atoms with Gasteiger partial charge in [-0.3, -0.25) is 9.10 Å². The Morgan fingerprint density at radius 2 is 1.78 bits per heavy atom. The SMILES string of the molecule is CCc1cccc(C)c1N(CC(=O)NCCc1ccccc1F)S(C)(=O)=O. The number of hydrogen-bond acceptors (Lipinski definition) is 3. The molecule has 2 aromatic rings. The van der Waals surface area contributed by atoms with Crippen LogP contribution in [0.25, 0.3) is 0 Å². The molecule has 7 heteroatoms. The summed E-state index contributed by atoms with van der Waals surface area (Å²) in [6, 6.07) is 11.9. The fourth-order valence-corrected chi connectivity index (χ4v) is 3.89. The Morgan fingerprint density at radius 1 is 1.11 bits per heavy atom. The van der Waals surface area contributed by atoms with Crippen molar-refractivity contribution in [2.45, 2.75) is 26.7 Å². The summed E-state index contributed by atoms with van der Waals surface area (Å²) in [5.41, 5.74) is 2.70. The Balaban J connectivity index is 2.11. The van der Waals surface area contributed by atoms with Gasteiger partial charge in [0.25, 0.3) is 0 Å². The van der Waals surface area contributed by atoms with Gasteiger partial charge in [-0.2, -0.15) is 0 Å². The summed E-state index contributed by atoms with van der Waals surface area (Å²) in [6.45, 7) is 3.68. The number of hydrogen-bond donors (Lipinski definition) is 1. The van der Waals surface area contributed by atoms with Crippen LogP contribution >= 0.6 is 0 Å². The lowest BCUT2D eigenvalue weighted by Crippen LogP contribution is -2.41. The van der Waals surface area contributed by atoms with Crippen LogP contribution in [0.4, 0.5) is 10.1 Å². The van der Waals surface area contributed by atoms with E-state index in [-0.39, 0.29) is 18.9 Å². The third-order valence-electron chi connectivity index (χ3n) is 4.31. The van der Waals surface area contributed by atoms with Gasteiger partial charge in [0, 0.05) is 6.54 Å². The quantitative estimate of drug-likeness (QED) is 0.751. The molecular weight excluding hydrogens is 367 g/mol. The fraction of sp³-hybridized carbons (Fsp3) is 0.350. The first-order chi connectivity index (χ1) is 12.7. The summed E-state index contributed by atoms with van der Waals surface area (Å²) in [5, 5.41) is 2.68. The number of carbonyl (C=O) groups is 1. The number of halogens is 1. The number of sulfonamides is 1. The van der Waals surface area contributed by atoms with Crippen LogP contribution in [0.2, 0.25) is 0 Å². The van der Waals surface area contributed by atoms with Gasteiger partial charge in [0.05, 0.1) is 11.9 Å². The highest BCUT2D eigenvalue weighted by Crippen LogP contribution is 2.27. The molecule has 0 saturated carbocycles. The number of para-hydroxylation sites is 1. The Bertz CT molecular complexity index is 913. The number of amides is 1. The van der Waals surface area contributed by atoms with Crippen LogP contribution in [0.15, 0.2) is 42.5 Å². The van der Waals surface area contributed by atoms with Crippen molar-refractivity contribution in [3.63, 3.8) is 0 Å². The van der Waals surface area contributed by atoms with Crippen molar-refractivity contribution >= 4 is 21.6 Å². The second-order valence-corrected chi connectivity index (χ2v) is 8.30. The van der Waals surface area contributed by atoms with Crippen LogP contribution in [0.1, 0.15) is 23.6 Å². The fourth-order valence-electron chi connectivity index (χ4n) is 2.95. The van der Waals surface area contributed by atoms with E-state index in [1.807, 2.05) is 32.0 Å². The molecule has 0 unspecified atom stereocenters. The number of aryl methyl sites for hydroxylation is 2. The molecule has 2 rings (SSSR count). The van der Waals surface area contributed by atoms with Crippen molar-refractivity contribution in [1.82, 2.24) is 5.32 Å². The minimum Gasteiger partial charge on any atom is -0.354 e. The van der Waals surface area contributed by atoms with E-state index in [2.05, 4.69) is 5.32 Å². The zero-order valence-corrected chi connectivity index (χ0v) is 16.6. The van der Waals surface area contributed by atoms with Crippen molar-refractivity contribution in [3.05, 3.63) is 65.0 Å². The Morgan fingerprint density at radius 3 is 2.41 bits per heavy atom. The molecular formula is C20H25FN2O3S. The molecule has 2 aromatic carbocycles. The van der Waals surface area contributed by atoms with Gasteiger partial charge in [0.1, 0.15) is 12.4 Å². The molecule has 0 aliphatic rings. The first-order valence-corrected chi connectivity index (χ1v) is 10.6. The number of carbonyl (C=O) groups excluding carboxylic acids is 1. The topological polar surface area (TPSA) is 66.5 Å². The summed E-state index contributed by atoms with van der Waals surface area (Å²) < 4.78 is 39.4. The molecule has 0 aliphatic heterocycles. The third-order valence-corrected chi connectivity index (χ3v) is 5.43. The van der Waals surface area contributed by atoms with Gasteiger partial charge >= 0.3 is 0 Å². The molecule has 0 bridgehead atoms. The molecule has 0 aromatic heterocycles. The average molecular weight is 392 g/mol. The molecule has 0 aliphatic carbocycles. The molecule has 0 spiro atoms. The maximum Gasteiger partial charge on any atom is 0.240 e. The first-order valence-electron chi connectivity index (χ1n) is 8.80. The van der Waals surface area contributed by atoms with Crippen LogP contribution in [0, 0.1) is 12.7 Å². The number of nitrogens with one attached hydrogen (secondary N) is 1. The lowest BCUT2D eigenvalue weighted by atomic mass is 10.1. The van der Waals surface area contributed by atoms with Crippen LogP contribution in [0.3, 0.4) is 0 Å². The molecule has 1 N–H and O–H groups in total. The molecule has 0 radical (unpaired) electrons. The van der Waals surface area contributed by atoms with E-state index in [9.17, 15) is 17.6 Å². The van der Waals surface area contributed by atoms with Crippen LogP contribution in [0.5, 0.6) is 0 Å². The van der Waals surface area contributed by atoms with Gasteiger partial charge < -0.3 is 5.32 Å². The van der Waals surface area contributed by atoms with Gasteiger partial charge in [0.15, 0.2) is 0 Å². The van der Waals surface area contributed by atoms with Crippen molar-refractivity contribution in [2.24, 2.45) is 0 Å². The monoisotopic (exact) mass is 392 g/mol. The Hall–Kier alpha value is -2.41. The van der Waals surface area contributed by atoms with Crippen molar-refractivity contribution in [2.75, 3.05) is 23.7 Å². The summed E-state index contributed by atoms with van der Waals surface area (Å²) in [6.07, 6.45) is 2.07. The molecule has 5 nitrogen and oxygen atoms in total. The number of benzene rings is 2. The van der Waals surface area contributed by atoms with Gasteiger partial charge in [-0.05, 0) is 42.5 Å². The molecule has 0 fully saturated rings. The first kappa shape index (κ1) is 20.9. The predicted octanol–water partition coefficient (Wildman–Crippen LogP) is 2.82. The largest absolute Gasteiger partial charge is 0.354 e. The molecule has 0 atom stereocenters. The smallest absolute Gasteiger partial charge is 0.240 e. The van der Waals surface area contributed by atoms with E-state index in [0.717, 1.165) is 21.7 Å². The van der Waals surface area contributed by atoms with Crippen molar-refractivity contribution in [1.29, 1.82) is 0 Å². The van der Waals surface area contributed by atoms with Crippen LogP contribution in [-0.2, 0) is 27.7 Å². The maximum atomic E-state index is 13.6. The lowest BCUT2D eigenvalue weighted by Gasteiger charge is -2.26. The highest BCUT2D eigenvalue weighted by atomic mass is 32.2. The van der Waals surface area contributed by atoms with Gasteiger partial charge in [-0.25, -0.2) is 12.8 Å². The zero-order valence-electron chi connectivity index (χ0n) is 15.8. The van der Waals surface area contributed by atoms with Gasteiger partial charge in [0.2, 0.25) is 15.9 Å². The van der Waals surface area contributed by atoms with E-state index < -0.39 is 15.9 Å². The summed E-state index contributed by atoms with van der Waals surface area (Å²) in [5.74, 6) is -0.751. The second-order valence-electron chi connectivity index (χ2n) is 6.40. The summed E-state index contributed by atoms with van der Waals surface area (Å²) >= 11 is 0. The number of rotatable bonds is 8. The second kappa shape index (κ2) is 8.99. The highest BCUT2D eigenvalue weighted by Gasteiger charge is 2.24.